The lowest BCUT2D eigenvalue weighted by atomic mass is 10.1. The molecule has 84 valence electrons. The molecule has 0 amide bonds. The van der Waals surface area contributed by atoms with E-state index in [4.69, 9.17) is 4.74 Å². The molecule has 1 rings (SSSR count). The molecule has 0 saturated heterocycles. The molecule has 0 aliphatic heterocycles. The van der Waals surface area contributed by atoms with Crippen LogP contribution in [0.25, 0.3) is 0 Å². The maximum atomic E-state index is 12.9. The Bertz CT molecular complexity index is 317. The van der Waals surface area contributed by atoms with Crippen LogP contribution in [0.5, 0.6) is 0 Å². The molecule has 2 nitrogen and oxygen atoms in total. The summed E-state index contributed by atoms with van der Waals surface area (Å²) < 4.78 is 18.6. The van der Waals surface area contributed by atoms with E-state index in [1.165, 1.54) is 12.1 Å². The highest BCUT2D eigenvalue weighted by Crippen LogP contribution is 2.19. The molecule has 15 heavy (non-hydrogen) atoms. The molecule has 0 saturated carbocycles. The van der Waals surface area contributed by atoms with Gasteiger partial charge in [0.15, 0.2) is 0 Å². The van der Waals surface area contributed by atoms with Crippen LogP contribution in [0.4, 0.5) is 4.39 Å². The van der Waals surface area contributed by atoms with Gasteiger partial charge in [-0.05, 0) is 36.6 Å². The van der Waals surface area contributed by atoms with Gasteiger partial charge >= 0.3 is 0 Å². The van der Waals surface area contributed by atoms with Crippen LogP contribution in [0.3, 0.4) is 0 Å². The number of aliphatic hydroxyl groups excluding tert-OH is 1. The summed E-state index contributed by atoms with van der Waals surface area (Å²) in [5.74, 6) is -0.285. The van der Waals surface area contributed by atoms with Gasteiger partial charge in [-0.1, -0.05) is 15.9 Å². The Kier molecular flexibility index (Phi) is 5.22. The molecule has 0 fully saturated rings. The van der Waals surface area contributed by atoms with Crippen LogP contribution in [0.2, 0.25) is 0 Å². The van der Waals surface area contributed by atoms with E-state index in [0.717, 1.165) is 10.0 Å². The highest BCUT2D eigenvalue weighted by molar-refractivity contribution is 9.10. The summed E-state index contributed by atoms with van der Waals surface area (Å²) in [6.45, 7) is 0.508. The van der Waals surface area contributed by atoms with Crippen LogP contribution in [0.15, 0.2) is 22.7 Å². The van der Waals surface area contributed by atoms with Crippen LogP contribution >= 0.6 is 15.9 Å². The Balaban J connectivity index is 2.59. The lowest BCUT2D eigenvalue weighted by Gasteiger charge is -2.11. The zero-order chi connectivity index (χ0) is 11.3. The lowest BCUT2D eigenvalue weighted by molar-refractivity contribution is 0.110. The summed E-state index contributed by atoms with van der Waals surface area (Å²) in [4.78, 5) is 0. The molecule has 4 heteroatoms. The fourth-order valence-corrected chi connectivity index (χ4v) is 1.72. The quantitative estimate of drug-likeness (QED) is 0.896. The second-order valence-corrected chi connectivity index (χ2v) is 4.23. The van der Waals surface area contributed by atoms with Crippen LogP contribution < -0.4 is 0 Å². The lowest BCUT2D eigenvalue weighted by Crippen LogP contribution is -2.13. The molecule has 1 atom stereocenters. The number of methoxy groups -OCH3 is 1. The average Bonchev–Trinajstić information content (AvgIpc) is 2.20. The van der Waals surface area contributed by atoms with E-state index in [9.17, 15) is 9.50 Å². The molecular weight excluding hydrogens is 263 g/mol. The van der Waals surface area contributed by atoms with Crippen LogP contribution in [0.1, 0.15) is 12.0 Å². The van der Waals surface area contributed by atoms with E-state index in [1.54, 1.807) is 13.2 Å². The summed E-state index contributed by atoms with van der Waals surface area (Å²) in [6.07, 6.45) is 0.490. The van der Waals surface area contributed by atoms with Gasteiger partial charge in [0, 0.05) is 18.2 Å². The van der Waals surface area contributed by atoms with Gasteiger partial charge in [0.05, 0.1) is 6.10 Å². The topological polar surface area (TPSA) is 29.5 Å². The van der Waals surface area contributed by atoms with E-state index < -0.39 is 6.10 Å². The van der Waals surface area contributed by atoms with Crippen molar-refractivity contribution in [1.82, 2.24) is 0 Å². The van der Waals surface area contributed by atoms with E-state index in [1.807, 2.05) is 0 Å². The van der Waals surface area contributed by atoms with E-state index in [-0.39, 0.29) is 5.82 Å². The van der Waals surface area contributed by atoms with Gasteiger partial charge in [-0.15, -0.1) is 0 Å². The van der Waals surface area contributed by atoms with Crippen molar-refractivity contribution >= 4 is 15.9 Å². The third-order valence-electron chi connectivity index (χ3n) is 2.12. The molecule has 0 aromatic heterocycles. The molecule has 1 unspecified atom stereocenters. The van der Waals surface area contributed by atoms with Crippen molar-refractivity contribution < 1.29 is 14.2 Å². The number of halogens is 2. The van der Waals surface area contributed by atoms with Crippen LogP contribution in [-0.4, -0.2) is 24.9 Å². The first-order valence-corrected chi connectivity index (χ1v) is 5.53. The van der Waals surface area contributed by atoms with Crippen molar-refractivity contribution in [3.8, 4) is 0 Å². The number of ether oxygens (including phenoxy) is 1. The second-order valence-electron chi connectivity index (χ2n) is 3.38. The number of hydrogen-bond donors (Lipinski definition) is 1. The van der Waals surface area contributed by atoms with Crippen molar-refractivity contribution in [2.24, 2.45) is 0 Å². The first kappa shape index (κ1) is 12.6. The molecular formula is C11H14BrFO2. The largest absolute Gasteiger partial charge is 0.393 e. The molecule has 0 bridgehead atoms. The van der Waals surface area contributed by atoms with E-state index in [2.05, 4.69) is 15.9 Å². The molecule has 0 aliphatic carbocycles. The summed E-state index contributed by atoms with van der Waals surface area (Å²) in [5.41, 5.74) is 0.776. The Hall–Kier alpha value is -0.450. The zero-order valence-corrected chi connectivity index (χ0v) is 10.1. The minimum absolute atomic E-state index is 0.285. The molecule has 0 radical (unpaired) electrons. The van der Waals surface area contributed by atoms with Crippen molar-refractivity contribution in [3.05, 3.63) is 34.1 Å². The minimum atomic E-state index is -0.497. The van der Waals surface area contributed by atoms with Gasteiger partial charge in [0.1, 0.15) is 5.82 Å². The van der Waals surface area contributed by atoms with Crippen molar-refractivity contribution in [1.29, 1.82) is 0 Å². The van der Waals surface area contributed by atoms with Crippen molar-refractivity contribution in [2.75, 3.05) is 13.7 Å². The third-order valence-corrected chi connectivity index (χ3v) is 2.89. The Labute approximate surface area is 97.2 Å². The first-order chi connectivity index (χ1) is 7.13. The molecule has 0 aliphatic rings. The standard InChI is InChI=1S/C11H14BrFO2/c1-15-5-4-10(14)7-8-6-9(13)2-3-11(8)12/h2-3,6,10,14H,4-5,7H2,1H3. The Morgan fingerprint density at radius 3 is 2.93 bits per heavy atom. The first-order valence-electron chi connectivity index (χ1n) is 4.74. The zero-order valence-electron chi connectivity index (χ0n) is 8.54. The minimum Gasteiger partial charge on any atom is -0.393 e. The Morgan fingerprint density at radius 1 is 1.53 bits per heavy atom. The second kappa shape index (κ2) is 6.20. The van der Waals surface area contributed by atoms with Gasteiger partial charge in [-0.2, -0.15) is 0 Å². The maximum absolute atomic E-state index is 12.9. The maximum Gasteiger partial charge on any atom is 0.123 e. The van der Waals surface area contributed by atoms with Gasteiger partial charge in [-0.25, -0.2) is 4.39 Å². The summed E-state index contributed by atoms with van der Waals surface area (Å²) in [5, 5.41) is 9.63. The highest BCUT2D eigenvalue weighted by Gasteiger charge is 2.08. The number of hydrogen-bond acceptors (Lipinski definition) is 2. The van der Waals surface area contributed by atoms with Crippen molar-refractivity contribution in [2.45, 2.75) is 18.9 Å². The smallest absolute Gasteiger partial charge is 0.123 e. The molecule has 1 aromatic rings. The number of aliphatic hydroxyl groups is 1. The fourth-order valence-electron chi connectivity index (χ4n) is 1.31. The summed E-state index contributed by atoms with van der Waals surface area (Å²) in [6, 6.07) is 4.46. The van der Waals surface area contributed by atoms with Gasteiger partial charge < -0.3 is 9.84 Å². The SMILES string of the molecule is COCCC(O)Cc1cc(F)ccc1Br. The van der Waals surface area contributed by atoms with Gasteiger partial charge in [0.25, 0.3) is 0 Å². The summed E-state index contributed by atoms with van der Waals surface area (Å²) in [7, 11) is 1.59. The molecule has 1 aromatic carbocycles. The third kappa shape index (κ3) is 4.28. The normalized spacial score (nSPS) is 12.8. The van der Waals surface area contributed by atoms with Crippen LogP contribution in [-0.2, 0) is 11.2 Å². The van der Waals surface area contributed by atoms with Crippen LogP contribution in [0, 0.1) is 5.82 Å². The average molecular weight is 277 g/mol. The summed E-state index contributed by atoms with van der Waals surface area (Å²) >= 11 is 3.32. The number of rotatable bonds is 5. The number of benzene rings is 1. The monoisotopic (exact) mass is 276 g/mol. The van der Waals surface area contributed by atoms with Gasteiger partial charge in [0.2, 0.25) is 0 Å². The predicted molar refractivity (Wildman–Crippen MR) is 60.3 cm³/mol. The van der Waals surface area contributed by atoms with Gasteiger partial charge in [-0.3, -0.25) is 0 Å². The molecule has 0 heterocycles. The van der Waals surface area contributed by atoms with Crippen molar-refractivity contribution in [3.63, 3.8) is 0 Å². The molecule has 0 spiro atoms. The predicted octanol–water partition coefficient (Wildman–Crippen LogP) is 2.53. The fraction of sp³-hybridized carbons (Fsp3) is 0.455. The highest BCUT2D eigenvalue weighted by atomic mass is 79.9. The Morgan fingerprint density at radius 2 is 2.27 bits per heavy atom. The molecule has 1 N–H and O–H groups in total. The van der Waals surface area contributed by atoms with E-state index in [0.29, 0.717) is 19.4 Å². The van der Waals surface area contributed by atoms with E-state index >= 15 is 0 Å².